The van der Waals surface area contributed by atoms with Gasteiger partial charge in [-0.05, 0) is 24.6 Å². The van der Waals surface area contributed by atoms with Crippen LogP contribution in [0.1, 0.15) is 11.1 Å². The van der Waals surface area contributed by atoms with E-state index in [4.69, 9.17) is 0 Å². The number of sulfonamides is 1. The third kappa shape index (κ3) is 5.32. The van der Waals surface area contributed by atoms with Crippen molar-refractivity contribution in [2.24, 2.45) is 0 Å². The van der Waals surface area contributed by atoms with E-state index in [1.807, 2.05) is 85.1 Å². The molecule has 27 heavy (non-hydrogen) atoms. The first-order valence-electron chi connectivity index (χ1n) is 8.70. The lowest BCUT2D eigenvalue weighted by atomic mass is 10.2. The average Bonchev–Trinajstić information content (AvgIpc) is 2.69. The molecule has 0 atom stereocenters. The fraction of sp³-hybridized carbons (Fsp3) is 0.136. The molecular formula is C22H22NO2S2+. The Morgan fingerprint density at radius 2 is 1.44 bits per heavy atom. The molecule has 138 valence electrons. The molecule has 0 radical (unpaired) electrons. The van der Waals surface area contributed by atoms with E-state index in [9.17, 15) is 8.42 Å². The zero-order valence-electron chi connectivity index (χ0n) is 15.2. The molecule has 0 aliphatic carbocycles. The summed E-state index contributed by atoms with van der Waals surface area (Å²) in [6.45, 7) is 2.61. The second-order valence-corrected chi connectivity index (χ2v) is 9.17. The number of rotatable bonds is 7. The smallest absolute Gasteiger partial charge is 0.207 e. The highest BCUT2D eigenvalue weighted by molar-refractivity contribution is 7.89. The first-order valence-corrected chi connectivity index (χ1v) is 11.0. The third-order valence-corrected chi connectivity index (χ3v) is 6.79. The van der Waals surface area contributed by atoms with Crippen LogP contribution in [0.15, 0.2) is 94.7 Å². The van der Waals surface area contributed by atoms with Gasteiger partial charge in [0.25, 0.3) is 0 Å². The Labute approximate surface area is 165 Å². The van der Waals surface area contributed by atoms with Gasteiger partial charge in [-0.3, -0.25) is 0 Å². The molecule has 3 nitrogen and oxygen atoms in total. The van der Waals surface area contributed by atoms with Gasteiger partial charge in [-0.15, -0.1) is 0 Å². The lowest BCUT2D eigenvalue weighted by Crippen LogP contribution is -2.32. The Morgan fingerprint density at radius 1 is 0.852 bits per heavy atom. The zero-order valence-corrected chi connectivity index (χ0v) is 16.8. The molecule has 0 spiro atoms. The van der Waals surface area contributed by atoms with Crippen molar-refractivity contribution in [2.45, 2.75) is 23.3 Å². The minimum atomic E-state index is -3.58. The van der Waals surface area contributed by atoms with E-state index in [0.29, 0.717) is 18.0 Å². The molecule has 0 aromatic heterocycles. The molecule has 0 aliphatic rings. The highest BCUT2D eigenvalue weighted by Gasteiger charge is 2.25. The molecule has 0 heterocycles. The summed E-state index contributed by atoms with van der Waals surface area (Å²) < 4.78 is 27.9. The Hall–Kier alpha value is -2.34. The Bertz CT molecular complexity index is 984. The third-order valence-electron chi connectivity index (χ3n) is 4.10. The second-order valence-electron chi connectivity index (χ2n) is 6.19. The quantitative estimate of drug-likeness (QED) is 0.445. The molecular weight excluding hydrogens is 374 g/mol. The first-order chi connectivity index (χ1) is 13.1. The van der Waals surface area contributed by atoms with Crippen LogP contribution in [0, 0.1) is 6.92 Å². The van der Waals surface area contributed by atoms with E-state index in [-0.39, 0.29) is 0 Å². The minimum Gasteiger partial charge on any atom is -0.207 e. The summed E-state index contributed by atoms with van der Waals surface area (Å²) in [5.41, 5.74) is 2.00. The van der Waals surface area contributed by atoms with Gasteiger partial charge < -0.3 is 0 Å². The van der Waals surface area contributed by atoms with Crippen molar-refractivity contribution in [3.05, 3.63) is 96.1 Å². The maximum Gasteiger partial charge on any atom is 0.243 e. The van der Waals surface area contributed by atoms with Gasteiger partial charge in [-0.25, -0.2) is 8.42 Å². The number of aryl methyl sites for hydroxylation is 1. The number of hydrogen-bond donors (Lipinski definition) is 0. The standard InChI is InChI=1S/C22H22NO2S2/c1-19-12-14-22(15-13-19)27(24,25)23(18-20-8-4-2-5-9-20)16-17-26-21-10-6-3-7-11-21/h2-15,17H,16,18H2,1H3/q+1. The van der Waals surface area contributed by atoms with E-state index in [0.717, 1.165) is 16.0 Å². The molecule has 0 aliphatic heterocycles. The van der Waals surface area contributed by atoms with Gasteiger partial charge in [0.2, 0.25) is 26.3 Å². The summed E-state index contributed by atoms with van der Waals surface area (Å²) in [6.07, 6.45) is 0. The average molecular weight is 397 g/mol. The van der Waals surface area contributed by atoms with Crippen LogP contribution in [0.2, 0.25) is 0 Å². The molecule has 0 saturated heterocycles. The van der Waals surface area contributed by atoms with Crippen LogP contribution in [0.3, 0.4) is 0 Å². The summed E-state index contributed by atoms with van der Waals surface area (Å²) in [6, 6.07) is 26.6. The Morgan fingerprint density at radius 3 is 2.07 bits per heavy atom. The maximum atomic E-state index is 13.2. The van der Waals surface area contributed by atoms with Gasteiger partial charge in [0.05, 0.1) is 11.4 Å². The largest absolute Gasteiger partial charge is 0.243 e. The van der Waals surface area contributed by atoms with Crippen LogP contribution in [-0.2, 0) is 27.9 Å². The van der Waals surface area contributed by atoms with Gasteiger partial charge in [0.15, 0.2) is 5.37 Å². The van der Waals surface area contributed by atoms with Gasteiger partial charge >= 0.3 is 0 Å². The van der Waals surface area contributed by atoms with Gasteiger partial charge in [0, 0.05) is 18.7 Å². The van der Waals surface area contributed by atoms with Crippen molar-refractivity contribution in [2.75, 3.05) is 6.54 Å². The van der Waals surface area contributed by atoms with E-state index in [1.54, 1.807) is 23.5 Å². The number of nitrogens with zero attached hydrogens (tertiary/aromatic N) is 1. The SMILES string of the molecule is Cc1ccc(S(=O)(=O)N(CC=[S+]c2ccccc2)Cc2ccccc2)cc1. The van der Waals surface area contributed by atoms with E-state index in [2.05, 4.69) is 0 Å². The lowest BCUT2D eigenvalue weighted by molar-refractivity contribution is 0.449. The summed E-state index contributed by atoms with van der Waals surface area (Å²) in [5, 5.41) is 1.93. The molecule has 0 unspecified atom stereocenters. The molecule has 3 aromatic rings. The fourth-order valence-electron chi connectivity index (χ4n) is 2.61. The molecule has 3 aromatic carbocycles. The van der Waals surface area contributed by atoms with E-state index in [1.165, 1.54) is 4.31 Å². The first kappa shape index (κ1) is 19.4. The summed E-state index contributed by atoms with van der Waals surface area (Å²) >= 11 is 1.54. The normalized spacial score (nSPS) is 11.9. The molecule has 0 amide bonds. The van der Waals surface area contributed by atoms with Gasteiger partial charge in [0.1, 0.15) is 0 Å². The molecule has 0 bridgehead atoms. The van der Waals surface area contributed by atoms with Crippen molar-refractivity contribution in [1.29, 1.82) is 0 Å². The van der Waals surface area contributed by atoms with Crippen LogP contribution in [0.5, 0.6) is 0 Å². The molecule has 0 saturated carbocycles. The molecule has 3 rings (SSSR count). The van der Waals surface area contributed by atoms with Crippen molar-refractivity contribution in [3.8, 4) is 0 Å². The van der Waals surface area contributed by atoms with Crippen molar-refractivity contribution in [1.82, 2.24) is 4.31 Å². The molecule has 0 fully saturated rings. The predicted molar refractivity (Wildman–Crippen MR) is 113 cm³/mol. The zero-order chi connectivity index (χ0) is 19.1. The fourth-order valence-corrected chi connectivity index (χ4v) is 4.83. The van der Waals surface area contributed by atoms with Gasteiger partial charge in [-0.1, -0.05) is 66.2 Å². The maximum absolute atomic E-state index is 13.2. The van der Waals surface area contributed by atoms with Crippen LogP contribution < -0.4 is 0 Å². The van der Waals surface area contributed by atoms with Crippen LogP contribution in [0.4, 0.5) is 0 Å². The topological polar surface area (TPSA) is 37.4 Å². The number of hydrogen-bond acceptors (Lipinski definition) is 2. The monoisotopic (exact) mass is 396 g/mol. The second kappa shape index (κ2) is 9.04. The summed E-state index contributed by atoms with van der Waals surface area (Å²) in [4.78, 5) is 1.41. The van der Waals surface area contributed by atoms with Crippen LogP contribution >= 0.6 is 0 Å². The highest BCUT2D eigenvalue weighted by atomic mass is 32.2. The molecule has 0 N–H and O–H groups in total. The van der Waals surface area contributed by atoms with Crippen LogP contribution in [-0.4, -0.2) is 24.6 Å². The highest BCUT2D eigenvalue weighted by Crippen LogP contribution is 2.18. The molecule has 5 heteroatoms. The van der Waals surface area contributed by atoms with Gasteiger partial charge in [-0.2, -0.15) is 4.31 Å². The summed E-state index contributed by atoms with van der Waals surface area (Å²) in [7, 11) is -3.58. The van der Waals surface area contributed by atoms with E-state index < -0.39 is 10.0 Å². The van der Waals surface area contributed by atoms with Crippen molar-refractivity contribution >= 4 is 26.7 Å². The number of benzene rings is 3. The summed E-state index contributed by atoms with van der Waals surface area (Å²) in [5.74, 6) is 0. The van der Waals surface area contributed by atoms with Crippen LogP contribution in [0.25, 0.3) is 0 Å². The van der Waals surface area contributed by atoms with E-state index >= 15 is 0 Å². The van der Waals surface area contributed by atoms with Crippen molar-refractivity contribution < 1.29 is 8.42 Å². The van der Waals surface area contributed by atoms with Crippen molar-refractivity contribution in [3.63, 3.8) is 0 Å². The lowest BCUT2D eigenvalue weighted by Gasteiger charge is -2.19. The minimum absolute atomic E-state index is 0.321. The predicted octanol–water partition coefficient (Wildman–Crippen LogP) is 4.13. The Kier molecular flexibility index (Phi) is 6.50. The Balaban J connectivity index is 1.86.